The number of amides is 1. The Labute approximate surface area is 165 Å². The van der Waals surface area contributed by atoms with Gasteiger partial charge in [0.1, 0.15) is 5.82 Å². The standard InChI is InChI=1S/C18H29N5O4S/c1-18(2,3)17(25)23-9-6-7-14(23)15-19-13-11-22(28(26,27)21(4)5)10-8-12(13)16(24)20-15/h14H,6-11H2,1-5H3,(H,19,20,24)/t14-/m0/s1. The molecule has 28 heavy (non-hydrogen) atoms. The summed E-state index contributed by atoms with van der Waals surface area (Å²) in [5.74, 6) is 0.468. The van der Waals surface area contributed by atoms with Crippen molar-refractivity contribution in [2.75, 3.05) is 27.2 Å². The smallest absolute Gasteiger partial charge is 0.281 e. The van der Waals surface area contributed by atoms with Crippen LogP contribution in [0.1, 0.15) is 56.7 Å². The number of likely N-dealkylation sites (tertiary alicyclic amines) is 1. The lowest BCUT2D eigenvalue weighted by molar-refractivity contribution is -0.140. The second-order valence-electron chi connectivity index (χ2n) is 8.66. The average molecular weight is 412 g/mol. The van der Waals surface area contributed by atoms with Gasteiger partial charge in [0, 0.05) is 38.2 Å². The largest absolute Gasteiger partial charge is 0.332 e. The summed E-state index contributed by atoms with van der Waals surface area (Å²) in [5, 5.41) is 0. The van der Waals surface area contributed by atoms with Crippen LogP contribution in [0, 0.1) is 5.41 Å². The van der Waals surface area contributed by atoms with Crippen LogP contribution >= 0.6 is 0 Å². The van der Waals surface area contributed by atoms with E-state index in [1.807, 2.05) is 20.8 Å². The van der Waals surface area contributed by atoms with E-state index < -0.39 is 15.6 Å². The number of nitrogens with one attached hydrogen (secondary N) is 1. The van der Waals surface area contributed by atoms with Crippen molar-refractivity contribution in [3.05, 3.63) is 27.4 Å². The summed E-state index contributed by atoms with van der Waals surface area (Å²) < 4.78 is 27.4. The van der Waals surface area contributed by atoms with Gasteiger partial charge >= 0.3 is 0 Å². The van der Waals surface area contributed by atoms with E-state index in [4.69, 9.17) is 0 Å². The molecule has 10 heteroatoms. The molecule has 1 amide bonds. The molecule has 0 aromatic carbocycles. The number of H-pyrrole nitrogens is 1. The fraction of sp³-hybridized carbons (Fsp3) is 0.722. The molecule has 0 unspecified atom stereocenters. The summed E-state index contributed by atoms with van der Waals surface area (Å²) in [6, 6.07) is -0.287. The molecule has 156 valence electrons. The van der Waals surface area contributed by atoms with Gasteiger partial charge in [-0.05, 0) is 19.3 Å². The fourth-order valence-corrected chi connectivity index (χ4v) is 4.81. The molecule has 9 nitrogen and oxygen atoms in total. The molecule has 1 saturated heterocycles. The molecule has 1 aromatic heterocycles. The van der Waals surface area contributed by atoms with Crippen LogP contribution in [0.4, 0.5) is 0 Å². The highest BCUT2D eigenvalue weighted by molar-refractivity contribution is 7.86. The monoisotopic (exact) mass is 411 g/mol. The number of aromatic amines is 1. The topological polar surface area (TPSA) is 107 Å². The maximum atomic E-state index is 12.8. The second kappa shape index (κ2) is 7.23. The zero-order chi connectivity index (χ0) is 20.9. The first-order valence-corrected chi connectivity index (χ1v) is 10.9. The minimum atomic E-state index is -3.58. The molecule has 1 fully saturated rings. The average Bonchev–Trinajstić information content (AvgIpc) is 3.09. The summed E-state index contributed by atoms with van der Waals surface area (Å²) in [7, 11) is -0.617. The molecule has 1 N–H and O–H groups in total. The molecule has 1 aromatic rings. The van der Waals surface area contributed by atoms with Crippen LogP contribution in [0.25, 0.3) is 0 Å². The summed E-state index contributed by atoms with van der Waals surface area (Å²) in [6.45, 7) is 6.55. The summed E-state index contributed by atoms with van der Waals surface area (Å²) in [5.41, 5.74) is 0.247. The number of hydrogen-bond acceptors (Lipinski definition) is 5. The van der Waals surface area contributed by atoms with Gasteiger partial charge in [-0.2, -0.15) is 17.0 Å². The van der Waals surface area contributed by atoms with Crippen LogP contribution in [-0.4, -0.2) is 65.0 Å². The lowest BCUT2D eigenvalue weighted by Gasteiger charge is -2.32. The first-order chi connectivity index (χ1) is 12.9. The second-order valence-corrected chi connectivity index (χ2v) is 10.8. The number of hydrogen-bond donors (Lipinski definition) is 1. The number of carbonyl (C=O) groups is 1. The van der Waals surface area contributed by atoms with Gasteiger partial charge in [0.2, 0.25) is 5.91 Å². The highest BCUT2D eigenvalue weighted by Crippen LogP contribution is 2.34. The lowest BCUT2D eigenvalue weighted by atomic mass is 9.94. The summed E-state index contributed by atoms with van der Waals surface area (Å²) in [6.07, 6.45) is 1.89. The van der Waals surface area contributed by atoms with E-state index in [0.29, 0.717) is 30.0 Å². The van der Waals surface area contributed by atoms with Crippen LogP contribution in [-0.2, 0) is 28.0 Å². The molecular weight excluding hydrogens is 382 g/mol. The van der Waals surface area contributed by atoms with Crippen LogP contribution in [0.2, 0.25) is 0 Å². The minimum Gasteiger partial charge on any atom is -0.332 e. The number of carbonyl (C=O) groups excluding carboxylic acids is 1. The predicted molar refractivity (Wildman–Crippen MR) is 105 cm³/mol. The predicted octanol–water partition coefficient (Wildman–Crippen LogP) is 0.644. The maximum absolute atomic E-state index is 12.8. The van der Waals surface area contributed by atoms with Crippen molar-refractivity contribution in [1.82, 2.24) is 23.5 Å². The molecule has 0 saturated carbocycles. The number of aromatic nitrogens is 2. The number of fused-ring (bicyclic) bond motifs is 1. The molecule has 2 aliphatic rings. The van der Waals surface area contributed by atoms with E-state index in [9.17, 15) is 18.0 Å². The number of rotatable bonds is 3. The molecule has 3 rings (SSSR count). The Balaban J connectivity index is 1.95. The minimum absolute atomic E-state index is 0.0205. The molecule has 0 aliphatic carbocycles. The van der Waals surface area contributed by atoms with E-state index in [1.165, 1.54) is 18.4 Å². The normalized spacial score (nSPS) is 21.2. The van der Waals surface area contributed by atoms with Crippen molar-refractivity contribution in [2.45, 2.75) is 52.6 Å². The van der Waals surface area contributed by atoms with Crippen molar-refractivity contribution in [3.8, 4) is 0 Å². The van der Waals surface area contributed by atoms with E-state index in [0.717, 1.165) is 17.1 Å². The Morgan fingerprint density at radius 2 is 1.93 bits per heavy atom. The van der Waals surface area contributed by atoms with Crippen molar-refractivity contribution in [3.63, 3.8) is 0 Å². The van der Waals surface area contributed by atoms with Crippen molar-refractivity contribution in [1.29, 1.82) is 0 Å². The zero-order valence-electron chi connectivity index (χ0n) is 17.2. The van der Waals surface area contributed by atoms with Crippen LogP contribution in [0.15, 0.2) is 4.79 Å². The third-order valence-electron chi connectivity index (χ3n) is 5.32. The van der Waals surface area contributed by atoms with Gasteiger partial charge in [0.05, 0.1) is 18.3 Å². The number of nitrogens with zero attached hydrogens (tertiary/aromatic N) is 4. The molecule has 0 bridgehead atoms. The molecule has 1 atom stereocenters. The first kappa shape index (κ1) is 20.9. The van der Waals surface area contributed by atoms with Gasteiger partial charge in [-0.15, -0.1) is 0 Å². The van der Waals surface area contributed by atoms with Crippen molar-refractivity contribution in [2.24, 2.45) is 5.41 Å². The molecule has 0 radical (unpaired) electrons. The van der Waals surface area contributed by atoms with E-state index >= 15 is 0 Å². The van der Waals surface area contributed by atoms with Gasteiger partial charge in [-0.3, -0.25) is 9.59 Å². The third kappa shape index (κ3) is 3.72. The van der Waals surface area contributed by atoms with Crippen molar-refractivity contribution >= 4 is 16.1 Å². The first-order valence-electron chi connectivity index (χ1n) is 9.53. The summed E-state index contributed by atoms with van der Waals surface area (Å²) in [4.78, 5) is 34.7. The van der Waals surface area contributed by atoms with Crippen LogP contribution in [0.3, 0.4) is 0 Å². The Hall–Kier alpha value is -1.78. The summed E-state index contributed by atoms with van der Waals surface area (Å²) >= 11 is 0. The lowest BCUT2D eigenvalue weighted by Crippen LogP contribution is -2.45. The van der Waals surface area contributed by atoms with Crippen LogP contribution in [0.5, 0.6) is 0 Å². The Morgan fingerprint density at radius 3 is 2.54 bits per heavy atom. The third-order valence-corrected chi connectivity index (χ3v) is 7.20. The van der Waals surface area contributed by atoms with E-state index in [1.54, 1.807) is 4.90 Å². The highest BCUT2D eigenvalue weighted by Gasteiger charge is 2.38. The van der Waals surface area contributed by atoms with E-state index in [-0.39, 0.29) is 30.6 Å². The molecular formula is C18H29N5O4S. The quantitative estimate of drug-likeness (QED) is 0.786. The van der Waals surface area contributed by atoms with E-state index in [2.05, 4.69) is 9.97 Å². The van der Waals surface area contributed by atoms with Crippen molar-refractivity contribution < 1.29 is 13.2 Å². The van der Waals surface area contributed by atoms with Gasteiger partial charge in [0.25, 0.3) is 15.8 Å². The highest BCUT2D eigenvalue weighted by atomic mass is 32.2. The zero-order valence-corrected chi connectivity index (χ0v) is 18.0. The SMILES string of the molecule is CN(C)S(=O)(=O)N1CCc2c(nc([C@@H]3CCCN3C(=O)C(C)(C)C)[nH]c2=O)C1. The Bertz CT molecular complexity index is 932. The maximum Gasteiger partial charge on any atom is 0.281 e. The van der Waals surface area contributed by atoms with Crippen LogP contribution < -0.4 is 5.56 Å². The fourth-order valence-electron chi connectivity index (χ4n) is 3.75. The molecule has 0 spiro atoms. The van der Waals surface area contributed by atoms with Gasteiger partial charge in [-0.25, -0.2) is 4.98 Å². The Kier molecular flexibility index (Phi) is 5.41. The molecule has 3 heterocycles. The van der Waals surface area contributed by atoms with Gasteiger partial charge in [-0.1, -0.05) is 20.8 Å². The Morgan fingerprint density at radius 1 is 1.25 bits per heavy atom. The van der Waals surface area contributed by atoms with Gasteiger partial charge in [0.15, 0.2) is 0 Å². The molecule has 2 aliphatic heterocycles. The van der Waals surface area contributed by atoms with Gasteiger partial charge < -0.3 is 9.88 Å².